The largest absolute Gasteiger partial charge is 0.481 e. The molecule has 1 aromatic carbocycles. The molecule has 2 N–H and O–H groups in total. The molecule has 2 unspecified atom stereocenters. The van der Waals surface area contributed by atoms with Crippen LogP contribution < -0.4 is 5.32 Å². The molecule has 0 spiro atoms. The Hall–Kier alpha value is -2.10. The van der Waals surface area contributed by atoms with Crippen molar-refractivity contribution in [1.82, 2.24) is 5.32 Å². The molecule has 1 aromatic rings. The minimum atomic E-state index is -0.829. The third-order valence-corrected chi connectivity index (χ3v) is 4.69. The average molecular weight is 285 g/mol. The lowest BCUT2D eigenvalue weighted by atomic mass is 9.63. The summed E-state index contributed by atoms with van der Waals surface area (Å²) in [5, 5.41) is 12.0. The van der Waals surface area contributed by atoms with E-state index < -0.39 is 17.3 Å². The lowest BCUT2D eigenvalue weighted by Crippen LogP contribution is -2.51. The van der Waals surface area contributed by atoms with E-state index in [2.05, 4.69) is 5.32 Å². The van der Waals surface area contributed by atoms with Gasteiger partial charge in [0.25, 0.3) is 0 Å². The Morgan fingerprint density at radius 1 is 1.14 bits per heavy atom. The number of carbonyl (C=O) groups is 2. The first-order valence-electron chi connectivity index (χ1n) is 7.39. The Morgan fingerprint density at radius 3 is 2.38 bits per heavy atom. The maximum atomic E-state index is 12.7. The van der Waals surface area contributed by atoms with E-state index in [1.54, 1.807) is 12.2 Å². The quantitative estimate of drug-likeness (QED) is 0.834. The monoisotopic (exact) mass is 285 g/mol. The van der Waals surface area contributed by atoms with Crippen molar-refractivity contribution in [2.45, 2.75) is 37.1 Å². The van der Waals surface area contributed by atoms with Crippen LogP contribution in [0.5, 0.6) is 0 Å². The van der Waals surface area contributed by atoms with E-state index in [-0.39, 0.29) is 11.9 Å². The molecule has 0 heterocycles. The molecule has 1 amide bonds. The zero-order valence-corrected chi connectivity index (χ0v) is 11.8. The number of carboxylic acids is 1. The van der Waals surface area contributed by atoms with Gasteiger partial charge in [0.15, 0.2) is 0 Å². The smallest absolute Gasteiger partial charge is 0.310 e. The van der Waals surface area contributed by atoms with Crippen LogP contribution in [0.25, 0.3) is 0 Å². The fourth-order valence-electron chi connectivity index (χ4n) is 3.23. The average Bonchev–Trinajstić information content (AvgIpc) is 2.87. The maximum absolute atomic E-state index is 12.7. The molecule has 0 aromatic heterocycles. The van der Waals surface area contributed by atoms with Crippen molar-refractivity contribution in [3.05, 3.63) is 48.0 Å². The minimum Gasteiger partial charge on any atom is -0.481 e. The molecule has 2 aliphatic rings. The highest BCUT2D eigenvalue weighted by atomic mass is 16.4. The number of carbonyl (C=O) groups excluding carboxylic acids is 1. The van der Waals surface area contributed by atoms with Gasteiger partial charge in [-0.05, 0) is 24.8 Å². The number of hydrogen-bond donors (Lipinski definition) is 2. The van der Waals surface area contributed by atoms with Crippen LogP contribution in [0.3, 0.4) is 0 Å². The maximum Gasteiger partial charge on any atom is 0.310 e. The summed E-state index contributed by atoms with van der Waals surface area (Å²) >= 11 is 0. The predicted octanol–water partition coefficient (Wildman–Crippen LogP) is 2.25. The fourth-order valence-corrected chi connectivity index (χ4v) is 3.23. The van der Waals surface area contributed by atoms with Crippen LogP contribution >= 0.6 is 0 Å². The zero-order chi connectivity index (χ0) is 14.9. The first kappa shape index (κ1) is 13.9. The molecule has 4 heteroatoms. The van der Waals surface area contributed by atoms with Gasteiger partial charge in [0.2, 0.25) is 5.91 Å². The first-order chi connectivity index (χ1) is 10.1. The van der Waals surface area contributed by atoms with Gasteiger partial charge in [-0.15, -0.1) is 0 Å². The van der Waals surface area contributed by atoms with Crippen molar-refractivity contribution in [1.29, 1.82) is 0 Å². The van der Waals surface area contributed by atoms with E-state index in [9.17, 15) is 9.59 Å². The van der Waals surface area contributed by atoms with Crippen LogP contribution in [-0.4, -0.2) is 23.0 Å². The summed E-state index contributed by atoms with van der Waals surface area (Å²) in [6.07, 6.45) is 6.70. The molecular formula is C17H19NO3. The number of benzene rings is 1. The normalized spacial score (nSPS) is 26.1. The van der Waals surface area contributed by atoms with Gasteiger partial charge in [-0.1, -0.05) is 48.9 Å². The van der Waals surface area contributed by atoms with Gasteiger partial charge in [-0.25, -0.2) is 0 Å². The van der Waals surface area contributed by atoms with Gasteiger partial charge >= 0.3 is 5.97 Å². The Morgan fingerprint density at radius 2 is 1.86 bits per heavy atom. The van der Waals surface area contributed by atoms with Crippen molar-refractivity contribution >= 4 is 11.9 Å². The van der Waals surface area contributed by atoms with E-state index in [4.69, 9.17) is 5.11 Å². The number of nitrogens with one attached hydrogen (secondary N) is 1. The van der Waals surface area contributed by atoms with Crippen molar-refractivity contribution in [3.63, 3.8) is 0 Å². The SMILES string of the molecule is O=C(O)C1C=CC(NC(=O)C2(c3ccccc3)CCC2)C1. The van der Waals surface area contributed by atoms with Crippen LogP contribution in [0.1, 0.15) is 31.2 Å². The number of aliphatic carboxylic acids is 1. The third kappa shape index (κ3) is 2.46. The number of hydrogen-bond acceptors (Lipinski definition) is 2. The highest BCUT2D eigenvalue weighted by Gasteiger charge is 2.46. The van der Waals surface area contributed by atoms with E-state index >= 15 is 0 Å². The summed E-state index contributed by atoms with van der Waals surface area (Å²) in [5.41, 5.74) is 0.640. The van der Waals surface area contributed by atoms with Gasteiger partial charge in [0.05, 0.1) is 11.3 Å². The highest BCUT2D eigenvalue weighted by Crippen LogP contribution is 2.44. The van der Waals surface area contributed by atoms with E-state index in [1.165, 1.54) is 0 Å². The van der Waals surface area contributed by atoms with Gasteiger partial charge in [-0.3, -0.25) is 9.59 Å². The molecule has 110 valence electrons. The van der Waals surface area contributed by atoms with Crippen LogP contribution in [0.4, 0.5) is 0 Å². The number of amides is 1. The first-order valence-corrected chi connectivity index (χ1v) is 7.39. The molecule has 3 rings (SSSR count). The van der Waals surface area contributed by atoms with E-state index in [1.807, 2.05) is 30.3 Å². The van der Waals surface area contributed by atoms with Gasteiger partial charge < -0.3 is 10.4 Å². The molecule has 1 saturated carbocycles. The van der Waals surface area contributed by atoms with Crippen LogP contribution in [0.15, 0.2) is 42.5 Å². The minimum absolute atomic E-state index is 0.0284. The molecule has 21 heavy (non-hydrogen) atoms. The van der Waals surface area contributed by atoms with Crippen LogP contribution in [0.2, 0.25) is 0 Å². The van der Waals surface area contributed by atoms with Crippen LogP contribution in [-0.2, 0) is 15.0 Å². The summed E-state index contributed by atoms with van der Waals surface area (Å²) in [7, 11) is 0. The summed E-state index contributed by atoms with van der Waals surface area (Å²) in [6.45, 7) is 0. The zero-order valence-electron chi connectivity index (χ0n) is 11.8. The Bertz CT molecular complexity index is 575. The second kappa shape index (κ2) is 5.35. The van der Waals surface area contributed by atoms with Gasteiger partial charge in [-0.2, -0.15) is 0 Å². The van der Waals surface area contributed by atoms with Crippen molar-refractivity contribution in [3.8, 4) is 0 Å². The van der Waals surface area contributed by atoms with Gasteiger partial charge in [0, 0.05) is 6.04 Å². The molecule has 0 radical (unpaired) electrons. The number of rotatable bonds is 4. The Balaban J connectivity index is 1.70. The van der Waals surface area contributed by atoms with Gasteiger partial charge in [0.1, 0.15) is 0 Å². The van der Waals surface area contributed by atoms with Crippen LogP contribution in [0, 0.1) is 5.92 Å². The summed E-state index contributed by atoms with van der Waals surface area (Å²) in [6, 6.07) is 9.70. The molecular weight excluding hydrogens is 266 g/mol. The topological polar surface area (TPSA) is 66.4 Å². The summed E-state index contributed by atoms with van der Waals surface area (Å²) in [4.78, 5) is 23.6. The van der Waals surface area contributed by atoms with Crippen molar-refractivity contribution in [2.75, 3.05) is 0 Å². The lowest BCUT2D eigenvalue weighted by molar-refractivity contribution is -0.140. The second-order valence-corrected chi connectivity index (χ2v) is 5.95. The van der Waals surface area contributed by atoms with Crippen molar-refractivity contribution in [2.24, 2.45) is 5.92 Å². The lowest BCUT2D eigenvalue weighted by Gasteiger charge is -2.41. The highest BCUT2D eigenvalue weighted by molar-refractivity contribution is 5.89. The van der Waals surface area contributed by atoms with E-state index in [0.29, 0.717) is 6.42 Å². The Labute approximate surface area is 123 Å². The molecule has 0 aliphatic heterocycles. The Kier molecular flexibility index (Phi) is 3.53. The molecule has 0 saturated heterocycles. The van der Waals surface area contributed by atoms with E-state index in [0.717, 1.165) is 24.8 Å². The number of carboxylic acid groups (broad SMARTS) is 1. The molecule has 2 aliphatic carbocycles. The summed E-state index contributed by atoms with van der Waals surface area (Å²) in [5.74, 6) is -1.28. The standard InChI is InChI=1S/C17H19NO3/c19-15(20)12-7-8-14(11-12)18-16(21)17(9-4-10-17)13-5-2-1-3-6-13/h1-3,5-8,12,14H,4,9-11H2,(H,18,21)(H,19,20). The molecule has 0 bridgehead atoms. The molecule has 4 nitrogen and oxygen atoms in total. The predicted molar refractivity (Wildman–Crippen MR) is 78.8 cm³/mol. The second-order valence-electron chi connectivity index (χ2n) is 5.95. The summed E-state index contributed by atoms with van der Waals surface area (Å²) < 4.78 is 0. The fraction of sp³-hybridized carbons (Fsp3) is 0.412. The van der Waals surface area contributed by atoms with Crippen molar-refractivity contribution < 1.29 is 14.7 Å². The molecule has 1 fully saturated rings. The molecule has 2 atom stereocenters. The third-order valence-electron chi connectivity index (χ3n) is 4.69.